The first-order valence-electron chi connectivity index (χ1n) is 21.4. The summed E-state index contributed by atoms with van der Waals surface area (Å²) < 4.78 is 0. The Bertz CT molecular complexity index is 648. The fraction of sp³-hybridized carbons (Fsp3) is 0.976. The molecule has 5 N–H and O–H groups in total. The number of carbonyl (C=O) groups excluding carboxylic acids is 1. The largest absolute Gasteiger partial charge is 0.394 e. The monoisotopic (exact) mass is 684 g/mol. The van der Waals surface area contributed by atoms with Crippen molar-refractivity contribution in [1.82, 2.24) is 5.32 Å². The van der Waals surface area contributed by atoms with Gasteiger partial charge in [0.05, 0.1) is 18.8 Å². The molecule has 0 heterocycles. The molecular weight excluding hydrogens is 598 g/mol. The highest BCUT2D eigenvalue weighted by Gasteiger charge is 2.28. The maximum absolute atomic E-state index is 12.5. The zero-order chi connectivity index (χ0) is 35.3. The molecular formula is C42H85NO5. The minimum atomic E-state index is -1.25. The predicted octanol–water partition coefficient (Wildman–Crippen LogP) is 10.8. The Morgan fingerprint density at radius 2 is 0.708 bits per heavy atom. The van der Waals surface area contributed by atoms with Gasteiger partial charge in [0.2, 0.25) is 5.91 Å². The molecule has 0 aromatic heterocycles. The van der Waals surface area contributed by atoms with Gasteiger partial charge >= 0.3 is 0 Å². The van der Waals surface area contributed by atoms with Crippen LogP contribution < -0.4 is 5.32 Å². The molecule has 1 amide bonds. The molecule has 0 unspecified atom stereocenters. The van der Waals surface area contributed by atoms with Crippen LogP contribution in [0.3, 0.4) is 0 Å². The molecule has 0 aliphatic rings. The molecule has 288 valence electrons. The van der Waals surface area contributed by atoms with Crippen molar-refractivity contribution in [3.05, 3.63) is 0 Å². The van der Waals surface area contributed by atoms with E-state index in [9.17, 15) is 25.2 Å². The number of amides is 1. The number of unbranched alkanes of at least 4 members (excludes halogenated alkanes) is 30. The second-order valence-electron chi connectivity index (χ2n) is 15.1. The molecule has 6 heteroatoms. The topological polar surface area (TPSA) is 110 Å². The van der Waals surface area contributed by atoms with E-state index in [4.69, 9.17) is 0 Å². The van der Waals surface area contributed by atoms with Crippen molar-refractivity contribution in [2.24, 2.45) is 0 Å². The van der Waals surface area contributed by atoms with E-state index < -0.39 is 36.9 Å². The molecule has 0 spiro atoms. The Morgan fingerprint density at radius 3 is 1.00 bits per heavy atom. The first-order valence-corrected chi connectivity index (χ1v) is 21.4. The lowest BCUT2D eigenvalue weighted by Gasteiger charge is -2.27. The molecule has 0 saturated heterocycles. The molecule has 0 aromatic rings. The lowest BCUT2D eigenvalue weighted by Crippen LogP contribution is -2.53. The molecule has 0 fully saturated rings. The third-order valence-corrected chi connectivity index (χ3v) is 10.3. The minimum absolute atomic E-state index is 0.375. The highest BCUT2D eigenvalue weighted by atomic mass is 16.3. The normalized spacial score (nSPS) is 14.2. The van der Waals surface area contributed by atoms with E-state index in [0.29, 0.717) is 12.8 Å². The van der Waals surface area contributed by atoms with Crippen molar-refractivity contribution in [2.75, 3.05) is 6.61 Å². The van der Waals surface area contributed by atoms with E-state index in [1.807, 2.05) is 0 Å². The molecule has 0 aromatic carbocycles. The number of nitrogens with one attached hydrogen (secondary N) is 1. The third kappa shape index (κ3) is 31.3. The molecule has 0 rings (SSSR count). The first-order chi connectivity index (χ1) is 23.5. The van der Waals surface area contributed by atoms with Crippen LogP contribution in [-0.4, -0.2) is 57.3 Å². The van der Waals surface area contributed by atoms with Crippen LogP contribution in [0, 0.1) is 0 Å². The second kappa shape index (κ2) is 37.6. The van der Waals surface area contributed by atoms with Crippen LogP contribution in [0.5, 0.6) is 0 Å². The van der Waals surface area contributed by atoms with Crippen molar-refractivity contribution < 1.29 is 25.2 Å². The van der Waals surface area contributed by atoms with Gasteiger partial charge in [0, 0.05) is 0 Å². The molecule has 0 aliphatic carbocycles. The van der Waals surface area contributed by atoms with Gasteiger partial charge in [0.15, 0.2) is 0 Å². The molecule has 48 heavy (non-hydrogen) atoms. The average molecular weight is 684 g/mol. The Balaban J connectivity index is 3.72. The predicted molar refractivity (Wildman–Crippen MR) is 205 cm³/mol. The molecule has 0 saturated carbocycles. The van der Waals surface area contributed by atoms with Gasteiger partial charge < -0.3 is 25.7 Å². The Labute approximate surface area is 299 Å². The van der Waals surface area contributed by atoms with Gasteiger partial charge in [0.25, 0.3) is 0 Å². The van der Waals surface area contributed by atoms with Gasteiger partial charge in [0.1, 0.15) is 12.2 Å². The van der Waals surface area contributed by atoms with E-state index in [-0.39, 0.29) is 0 Å². The highest BCUT2D eigenvalue weighted by molar-refractivity contribution is 5.80. The van der Waals surface area contributed by atoms with Crippen LogP contribution in [0.4, 0.5) is 0 Å². The smallest absolute Gasteiger partial charge is 0.249 e. The summed E-state index contributed by atoms with van der Waals surface area (Å²) in [5.41, 5.74) is 0. The van der Waals surface area contributed by atoms with Gasteiger partial charge in [-0.05, 0) is 12.8 Å². The van der Waals surface area contributed by atoms with Crippen molar-refractivity contribution >= 4 is 5.91 Å². The minimum Gasteiger partial charge on any atom is -0.394 e. The van der Waals surface area contributed by atoms with Crippen LogP contribution in [0.15, 0.2) is 0 Å². The number of rotatable bonds is 39. The summed E-state index contributed by atoms with van der Waals surface area (Å²) in [5.74, 6) is -0.580. The molecule has 0 aliphatic heterocycles. The average Bonchev–Trinajstić information content (AvgIpc) is 3.09. The summed E-state index contributed by atoms with van der Waals surface area (Å²) in [6, 6.07) is -0.978. The third-order valence-electron chi connectivity index (χ3n) is 10.3. The number of hydrogen-bond donors (Lipinski definition) is 5. The van der Waals surface area contributed by atoms with Crippen LogP contribution in [-0.2, 0) is 4.79 Å². The summed E-state index contributed by atoms with van der Waals surface area (Å²) in [6.45, 7) is 4.06. The van der Waals surface area contributed by atoms with Gasteiger partial charge in [-0.25, -0.2) is 0 Å². The fourth-order valence-corrected chi connectivity index (χ4v) is 6.88. The molecule has 6 nitrogen and oxygen atoms in total. The van der Waals surface area contributed by atoms with E-state index in [0.717, 1.165) is 38.5 Å². The Hall–Kier alpha value is -0.690. The SMILES string of the molecule is CCCCCCCCCCCCCCCCCCC[C@@H](O)C(=O)N[C@H](CO)[C@H](O)[C@H](O)CCCCCCCCCCCCCCCCC. The standard InChI is InChI=1S/C42H85NO5/c1-3-5-7-9-11-13-15-17-19-20-22-24-26-28-30-32-34-36-40(46)42(48)43-38(37-44)41(47)39(45)35-33-31-29-27-25-23-21-18-16-14-12-10-8-6-4-2/h38-41,44-47H,3-37H2,1-2H3,(H,43,48)/t38-,39-,40-,41+/m1/s1. The van der Waals surface area contributed by atoms with Crippen molar-refractivity contribution in [3.63, 3.8) is 0 Å². The fourth-order valence-electron chi connectivity index (χ4n) is 6.88. The maximum Gasteiger partial charge on any atom is 0.249 e. The Kier molecular flexibility index (Phi) is 37.0. The van der Waals surface area contributed by atoms with Gasteiger partial charge in [-0.2, -0.15) is 0 Å². The molecule has 0 radical (unpaired) electrons. The van der Waals surface area contributed by atoms with Gasteiger partial charge in [-0.3, -0.25) is 4.79 Å². The van der Waals surface area contributed by atoms with Gasteiger partial charge in [-0.15, -0.1) is 0 Å². The second-order valence-corrected chi connectivity index (χ2v) is 15.1. The van der Waals surface area contributed by atoms with Crippen molar-refractivity contribution in [3.8, 4) is 0 Å². The van der Waals surface area contributed by atoms with E-state index >= 15 is 0 Å². The zero-order valence-corrected chi connectivity index (χ0v) is 32.3. The highest BCUT2D eigenvalue weighted by Crippen LogP contribution is 2.17. The van der Waals surface area contributed by atoms with Crippen LogP contribution in [0.25, 0.3) is 0 Å². The summed E-state index contributed by atoms with van der Waals surface area (Å²) in [4.78, 5) is 12.5. The van der Waals surface area contributed by atoms with Gasteiger partial charge in [-0.1, -0.05) is 219 Å². The summed E-state index contributed by atoms with van der Waals surface area (Å²) >= 11 is 0. The van der Waals surface area contributed by atoms with Crippen LogP contribution in [0.2, 0.25) is 0 Å². The van der Waals surface area contributed by atoms with Crippen molar-refractivity contribution in [1.29, 1.82) is 0 Å². The maximum atomic E-state index is 12.5. The van der Waals surface area contributed by atoms with Crippen LogP contribution in [0.1, 0.15) is 232 Å². The molecule has 4 atom stereocenters. The van der Waals surface area contributed by atoms with Crippen LogP contribution >= 0.6 is 0 Å². The lowest BCUT2D eigenvalue weighted by atomic mass is 9.99. The lowest BCUT2D eigenvalue weighted by molar-refractivity contribution is -0.132. The summed E-state index contributed by atoms with van der Waals surface area (Å²) in [5, 5.41) is 43.6. The van der Waals surface area contributed by atoms with E-state index in [2.05, 4.69) is 19.2 Å². The van der Waals surface area contributed by atoms with Crippen molar-refractivity contribution in [2.45, 2.75) is 257 Å². The first kappa shape index (κ1) is 47.3. The Morgan fingerprint density at radius 1 is 0.438 bits per heavy atom. The number of hydrogen-bond acceptors (Lipinski definition) is 5. The number of aliphatic hydroxyl groups is 4. The summed E-state index contributed by atoms with van der Waals surface area (Å²) in [6.07, 6.45) is 38.4. The number of aliphatic hydroxyl groups excluding tert-OH is 4. The molecule has 0 bridgehead atoms. The zero-order valence-electron chi connectivity index (χ0n) is 32.3. The summed E-state index contributed by atoms with van der Waals surface area (Å²) in [7, 11) is 0. The quantitative estimate of drug-likeness (QED) is 0.0414. The van der Waals surface area contributed by atoms with E-state index in [1.54, 1.807) is 0 Å². The van der Waals surface area contributed by atoms with E-state index in [1.165, 1.54) is 167 Å². The number of carbonyl (C=O) groups is 1.